The summed E-state index contributed by atoms with van der Waals surface area (Å²) < 4.78 is 5.87. The maximum Gasteiger partial charge on any atom is 0.220 e. The summed E-state index contributed by atoms with van der Waals surface area (Å²) in [6, 6.07) is 10.1. The van der Waals surface area contributed by atoms with Gasteiger partial charge in [0, 0.05) is 6.92 Å². The quantitative estimate of drug-likeness (QED) is 0.745. The van der Waals surface area contributed by atoms with Crippen molar-refractivity contribution >= 4 is 5.91 Å². The molecule has 1 saturated heterocycles. The second-order valence-electron chi connectivity index (χ2n) is 5.15. The highest BCUT2D eigenvalue weighted by Gasteiger charge is 2.36. The molecule has 1 atom stereocenters. The fraction of sp³-hybridized carbons (Fsp3) is 0.500. The molecule has 0 N–H and O–H groups in total. The van der Waals surface area contributed by atoms with Crippen LogP contribution in [-0.4, -0.2) is 29.5 Å². The largest absolute Gasteiger partial charge is 0.369 e. The van der Waals surface area contributed by atoms with Crippen LogP contribution in [0, 0.1) is 0 Å². The molecule has 92 valence electrons. The average molecular weight is 233 g/mol. The first-order valence-corrected chi connectivity index (χ1v) is 5.95. The van der Waals surface area contributed by atoms with Gasteiger partial charge in [-0.1, -0.05) is 30.3 Å². The van der Waals surface area contributed by atoms with Gasteiger partial charge in [-0.15, -0.1) is 0 Å². The van der Waals surface area contributed by atoms with Crippen molar-refractivity contribution in [1.82, 2.24) is 4.90 Å². The molecule has 1 amide bonds. The van der Waals surface area contributed by atoms with Crippen LogP contribution in [0.3, 0.4) is 0 Å². The van der Waals surface area contributed by atoms with E-state index in [4.69, 9.17) is 4.74 Å². The lowest BCUT2D eigenvalue weighted by Crippen LogP contribution is -2.55. The first-order chi connectivity index (χ1) is 8.00. The van der Waals surface area contributed by atoms with Crippen LogP contribution in [0.15, 0.2) is 30.3 Å². The minimum atomic E-state index is -0.211. The Bertz CT molecular complexity index is 400. The van der Waals surface area contributed by atoms with Crippen molar-refractivity contribution in [2.24, 2.45) is 0 Å². The van der Waals surface area contributed by atoms with Gasteiger partial charge in [0.25, 0.3) is 0 Å². The maximum absolute atomic E-state index is 11.7. The fourth-order valence-corrected chi connectivity index (χ4v) is 2.27. The molecule has 1 aliphatic heterocycles. The number of carbonyl (C=O) groups is 1. The van der Waals surface area contributed by atoms with Gasteiger partial charge in [0.05, 0.1) is 18.7 Å². The SMILES string of the molecule is CC(=O)N1C[C@@H](c2ccccc2)OCC1(C)C. The van der Waals surface area contributed by atoms with Gasteiger partial charge in [0.15, 0.2) is 0 Å². The maximum atomic E-state index is 11.7. The fourth-order valence-electron chi connectivity index (χ4n) is 2.27. The number of amides is 1. The highest BCUT2D eigenvalue weighted by molar-refractivity contribution is 5.74. The molecule has 1 aromatic carbocycles. The third-order valence-electron chi connectivity index (χ3n) is 3.27. The van der Waals surface area contributed by atoms with Crippen molar-refractivity contribution in [3.63, 3.8) is 0 Å². The summed E-state index contributed by atoms with van der Waals surface area (Å²) in [6.45, 7) is 6.90. The van der Waals surface area contributed by atoms with Gasteiger partial charge in [-0.3, -0.25) is 4.79 Å². The Morgan fingerprint density at radius 2 is 2.00 bits per heavy atom. The summed E-state index contributed by atoms with van der Waals surface area (Å²) in [5, 5.41) is 0. The van der Waals surface area contributed by atoms with Gasteiger partial charge >= 0.3 is 0 Å². The summed E-state index contributed by atoms with van der Waals surface area (Å²) in [5.41, 5.74) is 0.922. The molecule has 1 fully saturated rings. The van der Waals surface area contributed by atoms with Crippen molar-refractivity contribution in [2.75, 3.05) is 13.2 Å². The molecular weight excluding hydrogens is 214 g/mol. The molecule has 1 aromatic rings. The number of nitrogens with zero attached hydrogens (tertiary/aromatic N) is 1. The van der Waals surface area contributed by atoms with E-state index in [1.807, 2.05) is 49.1 Å². The van der Waals surface area contributed by atoms with Crippen LogP contribution in [0.1, 0.15) is 32.4 Å². The first kappa shape index (κ1) is 12.1. The number of hydrogen-bond acceptors (Lipinski definition) is 2. The second-order valence-corrected chi connectivity index (χ2v) is 5.15. The monoisotopic (exact) mass is 233 g/mol. The number of benzene rings is 1. The number of carbonyl (C=O) groups excluding carboxylic acids is 1. The van der Waals surface area contributed by atoms with Crippen molar-refractivity contribution in [2.45, 2.75) is 32.4 Å². The minimum absolute atomic E-state index is 0.00637. The Hall–Kier alpha value is -1.35. The molecule has 2 rings (SSSR count). The van der Waals surface area contributed by atoms with E-state index in [1.165, 1.54) is 0 Å². The van der Waals surface area contributed by atoms with Crippen LogP contribution in [0.5, 0.6) is 0 Å². The van der Waals surface area contributed by atoms with Gasteiger partial charge < -0.3 is 9.64 Å². The summed E-state index contributed by atoms with van der Waals surface area (Å²) in [4.78, 5) is 13.6. The topological polar surface area (TPSA) is 29.5 Å². The smallest absolute Gasteiger partial charge is 0.220 e. The van der Waals surface area contributed by atoms with Gasteiger partial charge in [0.2, 0.25) is 5.91 Å². The van der Waals surface area contributed by atoms with E-state index < -0.39 is 0 Å². The van der Waals surface area contributed by atoms with E-state index in [2.05, 4.69) is 0 Å². The minimum Gasteiger partial charge on any atom is -0.369 e. The predicted molar refractivity (Wildman–Crippen MR) is 66.6 cm³/mol. The third kappa shape index (κ3) is 2.50. The Balaban J connectivity index is 2.18. The van der Waals surface area contributed by atoms with Gasteiger partial charge in [-0.2, -0.15) is 0 Å². The molecule has 0 unspecified atom stereocenters. The average Bonchev–Trinajstić information content (AvgIpc) is 2.29. The van der Waals surface area contributed by atoms with E-state index in [0.717, 1.165) is 5.56 Å². The molecular formula is C14H19NO2. The Morgan fingerprint density at radius 3 is 2.59 bits per heavy atom. The van der Waals surface area contributed by atoms with Crippen LogP contribution in [0.2, 0.25) is 0 Å². The molecule has 0 radical (unpaired) electrons. The summed E-state index contributed by atoms with van der Waals surface area (Å²) in [7, 11) is 0. The molecule has 3 nitrogen and oxygen atoms in total. The molecule has 0 saturated carbocycles. The standard InChI is InChI=1S/C14H19NO2/c1-11(16)15-9-13(17-10-14(15,2)3)12-7-5-4-6-8-12/h4-8,13H,9-10H2,1-3H3/t13-/m0/s1. The zero-order valence-electron chi connectivity index (χ0n) is 10.6. The van der Waals surface area contributed by atoms with Gasteiger partial charge in [-0.05, 0) is 19.4 Å². The van der Waals surface area contributed by atoms with E-state index in [1.54, 1.807) is 6.92 Å². The van der Waals surface area contributed by atoms with Gasteiger partial charge in [0.1, 0.15) is 6.10 Å². The molecule has 0 bridgehead atoms. The van der Waals surface area contributed by atoms with Crippen LogP contribution >= 0.6 is 0 Å². The van der Waals surface area contributed by atoms with E-state index in [0.29, 0.717) is 13.2 Å². The van der Waals surface area contributed by atoms with Crippen molar-refractivity contribution < 1.29 is 9.53 Å². The highest BCUT2D eigenvalue weighted by atomic mass is 16.5. The number of morpholine rings is 1. The number of rotatable bonds is 1. The molecule has 17 heavy (non-hydrogen) atoms. The molecule has 0 spiro atoms. The first-order valence-electron chi connectivity index (χ1n) is 5.95. The Labute approximate surface area is 102 Å². The van der Waals surface area contributed by atoms with Crippen molar-refractivity contribution in [3.05, 3.63) is 35.9 Å². The normalized spacial score (nSPS) is 23.5. The lowest BCUT2D eigenvalue weighted by molar-refractivity contribution is -0.152. The lowest BCUT2D eigenvalue weighted by Gasteiger charge is -2.45. The Kier molecular flexibility index (Phi) is 3.20. The van der Waals surface area contributed by atoms with Crippen LogP contribution in [0.4, 0.5) is 0 Å². The molecule has 3 heteroatoms. The van der Waals surface area contributed by atoms with Crippen molar-refractivity contribution in [1.29, 1.82) is 0 Å². The number of hydrogen-bond donors (Lipinski definition) is 0. The van der Waals surface area contributed by atoms with E-state index in [9.17, 15) is 4.79 Å². The van der Waals surface area contributed by atoms with Crippen LogP contribution in [0.25, 0.3) is 0 Å². The van der Waals surface area contributed by atoms with Crippen molar-refractivity contribution in [3.8, 4) is 0 Å². The van der Waals surface area contributed by atoms with Crippen LogP contribution < -0.4 is 0 Å². The lowest BCUT2D eigenvalue weighted by atomic mass is 9.98. The summed E-state index contributed by atoms with van der Waals surface area (Å²) in [5.74, 6) is 0.110. The summed E-state index contributed by atoms with van der Waals surface area (Å²) in [6.07, 6.45) is -0.00637. The molecule has 0 aromatic heterocycles. The molecule has 1 aliphatic rings. The zero-order chi connectivity index (χ0) is 12.5. The highest BCUT2D eigenvalue weighted by Crippen LogP contribution is 2.30. The Morgan fingerprint density at radius 1 is 1.35 bits per heavy atom. The van der Waals surface area contributed by atoms with E-state index >= 15 is 0 Å². The van der Waals surface area contributed by atoms with E-state index in [-0.39, 0.29) is 17.6 Å². The van der Waals surface area contributed by atoms with Crippen LogP contribution in [-0.2, 0) is 9.53 Å². The predicted octanol–water partition coefficient (Wildman–Crippen LogP) is 2.39. The van der Waals surface area contributed by atoms with Gasteiger partial charge in [-0.25, -0.2) is 0 Å². The molecule has 0 aliphatic carbocycles. The summed E-state index contributed by atoms with van der Waals surface area (Å²) >= 11 is 0. The third-order valence-corrected chi connectivity index (χ3v) is 3.27. The number of ether oxygens (including phenoxy) is 1. The second kappa shape index (κ2) is 4.49. The molecule has 1 heterocycles. The zero-order valence-corrected chi connectivity index (χ0v) is 10.6.